The average molecular weight is 482 g/mol. The number of carbonyl (C=O) groups excluding carboxylic acids is 3. The molecule has 1 fully saturated rings. The number of ether oxygens (including phenoxy) is 1. The summed E-state index contributed by atoms with van der Waals surface area (Å²) >= 11 is 6.58. The van der Waals surface area contributed by atoms with Gasteiger partial charge in [0.05, 0.1) is 23.3 Å². The summed E-state index contributed by atoms with van der Waals surface area (Å²) in [6.07, 6.45) is 0.747. The molecule has 1 unspecified atom stereocenters. The van der Waals surface area contributed by atoms with Crippen LogP contribution < -0.4 is 15.0 Å². The van der Waals surface area contributed by atoms with Crippen LogP contribution in [-0.2, 0) is 14.4 Å². The quantitative estimate of drug-likeness (QED) is 0.495. The van der Waals surface area contributed by atoms with Gasteiger partial charge >= 0.3 is 0 Å². The maximum absolute atomic E-state index is 13.5. The predicted molar refractivity (Wildman–Crippen MR) is 134 cm³/mol. The Kier molecular flexibility index (Phi) is 6.53. The van der Waals surface area contributed by atoms with Crippen LogP contribution in [0.1, 0.15) is 25.8 Å². The highest BCUT2D eigenvalue weighted by Crippen LogP contribution is 2.45. The number of benzene rings is 2. The Morgan fingerprint density at radius 1 is 1.12 bits per heavy atom. The maximum Gasteiger partial charge on any atom is 0.267 e. The lowest BCUT2D eigenvalue weighted by atomic mass is 10.1. The Morgan fingerprint density at radius 3 is 2.48 bits per heavy atom. The second kappa shape index (κ2) is 9.36. The summed E-state index contributed by atoms with van der Waals surface area (Å²) in [4.78, 5) is 42.7. The van der Waals surface area contributed by atoms with E-state index in [2.05, 4.69) is 5.32 Å². The van der Waals surface area contributed by atoms with Crippen LogP contribution >= 0.6 is 24.0 Å². The third-order valence-electron chi connectivity index (χ3n) is 5.66. The van der Waals surface area contributed by atoms with Gasteiger partial charge in [0.1, 0.15) is 16.6 Å². The van der Waals surface area contributed by atoms with Crippen LogP contribution in [0, 0.1) is 0 Å². The summed E-state index contributed by atoms with van der Waals surface area (Å²) < 4.78 is 5.57. The first kappa shape index (κ1) is 23.0. The topological polar surface area (TPSA) is 79.0 Å². The summed E-state index contributed by atoms with van der Waals surface area (Å²) in [5.41, 5.74) is 2.11. The average Bonchev–Trinajstić information content (AvgIpc) is 3.25. The predicted octanol–water partition coefficient (Wildman–Crippen LogP) is 4.05. The lowest BCUT2D eigenvalue weighted by molar-refractivity contribution is -0.123. The van der Waals surface area contributed by atoms with E-state index in [0.29, 0.717) is 37.5 Å². The molecule has 1 saturated heterocycles. The molecule has 2 heterocycles. The van der Waals surface area contributed by atoms with Crippen LogP contribution in [0.25, 0.3) is 5.57 Å². The summed E-state index contributed by atoms with van der Waals surface area (Å²) in [5.74, 6) is -0.319. The first-order valence-corrected chi connectivity index (χ1v) is 11.7. The fourth-order valence-electron chi connectivity index (χ4n) is 3.77. The van der Waals surface area contributed by atoms with Crippen molar-refractivity contribution in [3.63, 3.8) is 0 Å². The van der Waals surface area contributed by atoms with Gasteiger partial charge in [-0.1, -0.05) is 49.1 Å². The van der Waals surface area contributed by atoms with E-state index in [9.17, 15) is 14.4 Å². The molecule has 170 valence electrons. The second-order valence-electron chi connectivity index (χ2n) is 7.69. The monoisotopic (exact) mass is 481 g/mol. The van der Waals surface area contributed by atoms with Crippen LogP contribution in [-0.4, -0.2) is 46.6 Å². The zero-order chi connectivity index (χ0) is 23.7. The maximum atomic E-state index is 13.5. The number of fused-ring (bicyclic) bond motifs is 1. The molecule has 2 aromatic carbocycles. The molecule has 7 nitrogen and oxygen atoms in total. The fourth-order valence-corrected chi connectivity index (χ4v) is 5.30. The molecule has 0 radical (unpaired) electrons. The lowest BCUT2D eigenvalue weighted by Gasteiger charge is -2.21. The van der Waals surface area contributed by atoms with E-state index in [1.54, 1.807) is 54.5 Å². The van der Waals surface area contributed by atoms with Crippen molar-refractivity contribution in [2.24, 2.45) is 0 Å². The molecular weight excluding hydrogens is 458 g/mol. The Hall–Kier alpha value is -3.17. The van der Waals surface area contributed by atoms with Crippen molar-refractivity contribution in [3.8, 4) is 5.75 Å². The van der Waals surface area contributed by atoms with Crippen molar-refractivity contribution in [2.45, 2.75) is 26.3 Å². The number of hydrogen-bond acceptors (Lipinski definition) is 6. The molecule has 1 atom stereocenters. The highest BCUT2D eigenvalue weighted by atomic mass is 32.2. The van der Waals surface area contributed by atoms with Crippen LogP contribution in [0.3, 0.4) is 0 Å². The van der Waals surface area contributed by atoms with E-state index in [-0.39, 0.29) is 30.3 Å². The minimum atomic E-state index is -0.384. The molecule has 2 aliphatic rings. The SMILES string of the molecule is CCC(C)N1C(=O)C(=C2C(=O)N(CC(=O)Nc3ccc(OC)cc3)c3ccccc32)SC1=S. The number of nitrogens with one attached hydrogen (secondary N) is 1. The van der Waals surface area contributed by atoms with Crippen molar-refractivity contribution in [3.05, 3.63) is 59.0 Å². The smallest absolute Gasteiger partial charge is 0.267 e. The van der Waals surface area contributed by atoms with E-state index in [1.807, 2.05) is 19.9 Å². The van der Waals surface area contributed by atoms with E-state index >= 15 is 0 Å². The molecule has 0 bridgehead atoms. The highest BCUT2D eigenvalue weighted by molar-refractivity contribution is 8.26. The minimum absolute atomic E-state index is 0.0614. The number of para-hydroxylation sites is 1. The standard InChI is InChI=1S/C24H23N3O4S2/c1-4-14(2)27-23(30)21(33-24(27)32)20-17-7-5-6-8-18(17)26(22(20)29)13-19(28)25-15-9-11-16(31-3)12-10-15/h5-12,14H,4,13H2,1-3H3,(H,25,28). The van der Waals surface area contributed by atoms with Gasteiger partial charge in [-0.2, -0.15) is 0 Å². The number of thiocarbonyl (C=S) groups is 1. The minimum Gasteiger partial charge on any atom is -0.497 e. The normalized spacial score (nSPS) is 18.6. The molecule has 2 aliphatic heterocycles. The first-order valence-electron chi connectivity index (χ1n) is 10.5. The Balaban J connectivity index is 1.62. The van der Waals surface area contributed by atoms with Crippen LogP contribution in [0.4, 0.5) is 11.4 Å². The van der Waals surface area contributed by atoms with Gasteiger partial charge in [-0.3, -0.25) is 24.2 Å². The van der Waals surface area contributed by atoms with Gasteiger partial charge in [-0.15, -0.1) is 0 Å². The molecule has 33 heavy (non-hydrogen) atoms. The molecule has 0 aliphatic carbocycles. The molecule has 9 heteroatoms. The second-order valence-corrected chi connectivity index (χ2v) is 9.33. The van der Waals surface area contributed by atoms with Gasteiger partial charge in [0.2, 0.25) is 5.91 Å². The first-order chi connectivity index (χ1) is 15.8. The highest BCUT2D eigenvalue weighted by Gasteiger charge is 2.43. The van der Waals surface area contributed by atoms with Crippen LogP contribution in [0.15, 0.2) is 53.4 Å². The molecule has 0 aromatic heterocycles. The molecule has 4 rings (SSSR count). The Morgan fingerprint density at radius 2 is 1.82 bits per heavy atom. The van der Waals surface area contributed by atoms with Crippen molar-refractivity contribution in [1.29, 1.82) is 0 Å². The lowest BCUT2D eigenvalue weighted by Crippen LogP contribution is -2.37. The number of rotatable bonds is 6. The fraction of sp³-hybridized carbons (Fsp3) is 0.250. The number of amides is 3. The van der Waals surface area contributed by atoms with Gasteiger partial charge in [-0.25, -0.2) is 0 Å². The summed E-state index contributed by atoms with van der Waals surface area (Å²) in [6.45, 7) is 3.73. The Bertz CT molecular complexity index is 1180. The molecule has 3 amide bonds. The Labute approximate surface area is 201 Å². The van der Waals surface area contributed by atoms with Crippen molar-refractivity contribution >= 4 is 63.0 Å². The third-order valence-corrected chi connectivity index (χ3v) is 7.06. The van der Waals surface area contributed by atoms with Crippen molar-refractivity contribution in [1.82, 2.24) is 4.90 Å². The largest absolute Gasteiger partial charge is 0.497 e. The van der Waals surface area contributed by atoms with E-state index in [0.717, 1.165) is 18.2 Å². The zero-order valence-corrected chi connectivity index (χ0v) is 20.1. The number of anilines is 2. The van der Waals surface area contributed by atoms with Crippen molar-refractivity contribution in [2.75, 3.05) is 23.9 Å². The van der Waals surface area contributed by atoms with E-state index < -0.39 is 0 Å². The molecule has 0 spiro atoms. The van der Waals surface area contributed by atoms with E-state index in [1.165, 1.54) is 4.90 Å². The number of nitrogens with zero attached hydrogens (tertiary/aromatic N) is 2. The van der Waals surface area contributed by atoms with Gasteiger partial charge < -0.3 is 10.1 Å². The van der Waals surface area contributed by atoms with Crippen LogP contribution in [0.2, 0.25) is 0 Å². The zero-order valence-electron chi connectivity index (χ0n) is 18.5. The number of methoxy groups -OCH3 is 1. The molecule has 1 N–H and O–H groups in total. The van der Waals surface area contributed by atoms with Gasteiger partial charge in [0.25, 0.3) is 11.8 Å². The molecule has 2 aromatic rings. The van der Waals surface area contributed by atoms with Gasteiger partial charge in [-0.05, 0) is 43.7 Å². The molecule has 0 saturated carbocycles. The number of hydrogen-bond donors (Lipinski definition) is 1. The summed E-state index contributed by atoms with van der Waals surface area (Å²) in [6, 6.07) is 14.0. The van der Waals surface area contributed by atoms with E-state index in [4.69, 9.17) is 17.0 Å². The third kappa shape index (κ3) is 4.26. The van der Waals surface area contributed by atoms with Gasteiger partial charge in [0.15, 0.2) is 0 Å². The number of thioether (sulfide) groups is 1. The molecular formula is C24H23N3O4S2. The van der Waals surface area contributed by atoms with Crippen molar-refractivity contribution < 1.29 is 19.1 Å². The van der Waals surface area contributed by atoms with Crippen LogP contribution in [0.5, 0.6) is 5.75 Å². The van der Waals surface area contributed by atoms with Gasteiger partial charge in [0, 0.05) is 17.3 Å². The number of carbonyl (C=O) groups is 3. The summed E-state index contributed by atoms with van der Waals surface area (Å²) in [7, 11) is 1.57. The summed E-state index contributed by atoms with van der Waals surface area (Å²) in [5, 5.41) is 2.80.